The van der Waals surface area contributed by atoms with Crippen molar-refractivity contribution >= 4 is 23.1 Å². The van der Waals surface area contributed by atoms with Gasteiger partial charge in [0.25, 0.3) is 0 Å². The summed E-state index contributed by atoms with van der Waals surface area (Å²) in [6.07, 6.45) is 7.84. The van der Waals surface area contributed by atoms with Gasteiger partial charge in [0.2, 0.25) is 11.5 Å². The molecule has 0 bridgehead atoms. The van der Waals surface area contributed by atoms with Gasteiger partial charge in [-0.15, -0.1) is 0 Å². The number of fused-ring (bicyclic) bond motifs is 1. The normalized spacial score (nSPS) is 16.8. The van der Waals surface area contributed by atoms with E-state index in [9.17, 15) is 9.59 Å². The molecule has 2 aromatic carbocycles. The second kappa shape index (κ2) is 12.7. The zero-order valence-corrected chi connectivity index (χ0v) is 21.2. The fourth-order valence-electron chi connectivity index (χ4n) is 4.94. The first-order chi connectivity index (χ1) is 17.6. The van der Waals surface area contributed by atoms with Crippen molar-refractivity contribution in [3.05, 3.63) is 24.3 Å². The summed E-state index contributed by atoms with van der Waals surface area (Å²) in [5, 5.41) is 1.07. The second-order valence-electron chi connectivity index (χ2n) is 9.19. The van der Waals surface area contributed by atoms with Crippen molar-refractivity contribution in [2.24, 2.45) is 0 Å². The Hall–Kier alpha value is -3.16. The quantitative estimate of drug-likeness (QED) is 0.275. The standard InChI is InChI=1S/C28H36O8/c1-3-31-25-23(35-27(29)33-19-13-7-5-8-14-19)21-17-11-12-18-22(21)24(26(25)32-4-2)36-28(30)34-20-15-9-6-10-16-20/h11-12,17-20H,3-10,13-16H2,1-2H3. The Bertz CT molecular complexity index is 955. The molecule has 0 spiro atoms. The minimum absolute atomic E-state index is 0.156. The highest BCUT2D eigenvalue weighted by molar-refractivity contribution is 6.00. The smallest absolute Gasteiger partial charge is 0.487 e. The van der Waals surface area contributed by atoms with Crippen molar-refractivity contribution in [3.8, 4) is 23.0 Å². The summed E-state index contributed by atoms with van der Waals surface area (Å²) < 4.78 is 34.5. The third-order valence-corrected chi connectivity index (χ3v) is 6.61. The van der Waals surface area contributed by atoms with E-state index >= 15 is 0 Å². The van der Waals surface area contributed by atoms with Gasteiger partial charge in [-0.05, 0) is 65.2 Å². The number of hydrogen-bond donors (Lipinski definition) is 0. The highest BCUT2D eigenvalue weighted by Gasteiger charge is 2.30. The highest BCUT2D eigenvalue weighted by Crippen LogP contribution is 2.51. The summed E-state index contributed by atoms with van der Waals surface area (Å²) in [6, 6.07) is 7.16. The molecule has 8 nitrogen and oxygen atoms in total. The van der Waals surface area contributed by atoms with Crippen LogP contribution in [0, 0.1) is 0 Å². The van der Waals surface area contributed by atoms with E-state index in [-0.39, 0.29) is 48.4 Å². The number of carbonyl (C=O) groups excluding carboxylic acids is 2. The molecule has 0 radical (unpaired) electrons. The predicted octanol–water partition coefficient (Wildman–Crippen LogP) is 7.33. The Labute approximate surface area is 212 Å². The molecular formula is C28H36O8. The topological polar surface area (TPSA) is 89.5 Å². The predicted molar refractivity (Wildman–Crippen MR) is 134 cm³/mol. The molecule has 2 saturated carbocycles. The lowest BCUT2D eigenvalue weighted by Crippen LogP contribution is -2.24. The lowest BCUT2D eigenvalue weighted by Gasteiger charge is -2.24. The highest BCUT2D eigenvalue weighted by atomic mass is 16.7. The van der Waals surface area contributed by atoms with E-state index in [1.165, 1.54) is 0 Å². The van der Waals surface area contributed by atoms with E-state index in [2.05, 4.69) is 0 Å². The summed E-state index contributed by atoms with van der Waals surface area (Å²) >= 11 is 0. The molecule has 196 valence electrons. The van der Waals surface area contributed by atoms with Crippen LogP contribution in [0.5, 0.6) is 23.0 Å². The van der Waals surface area contributed by atoms with Crippen molar-refractivity contribution < 1.29 is 38.0 Å². The minimum Gasteiger partial charge on any atom is -0.487 e. The van der Waals surface area contributed by atoms with Gasteiger partial charge in [0, 0.05) is 10.8 Å². The number of ether oxygens (including phenoxy) is 6. The van der Waals surface area contributed by atoms with Gasteiger partial charge in [-0.2, -0.15) is 0 Å². The molecule has 0 heterocycles. The lowest BCUT2D eigenvalue weighted by molar-refractivity contribution is 0.0392. The van der Waals surface area contributed by atoms with Crippen LogP contribution < -0.4 is 18.9 Å². The first-order valence-electron chi connectivity index (χ1n) is 13.2. The average Bonchev–Trinajstić information content (AvgIpc) is 2.89. The Kier molecular flexibility index (Phi) is 9.14. The zero-order valence-electron chi connectivity index (χ0n) is 21.2. The number of benzene rings is 2. The minimum atomic E-state index is -0.791. The number of carbonyl (C=O) groups is 2. The molecular weight excluding hydrogens is 464 g/mol. The summed E-state index contributed by atoms with van der Waals surface area (Å²) in [7, 11) is 0. The molecule has 2 aromatic rings. The maximum atomic E-state index is 12.8. The lowest BCUT2D eigenvalue weighted by atomic mass is 9.98. The van der Waals surface area contributed by atoms with Crippen molar-refractivity contribution in [2.45, 2.75) is 90.3 Å². The molecule has 0 atom stereocenters. The van der Waals surface area contributed by atoms with Gasteiger partial charge in [0.1, 0.15) is 12.2 Å². The van der Waals surface area contributed by atoms with Crippen molar-refractivity contribution in [2.75, 3.05) is 13.2 Å². The van der Waals surface area contributed by atoms with Crippen molar-refractivity contribution in [1.29, 1.82) is 0 Å². The Morgan fingerprint density at radius 3 is 1.39 bits per heavy atom. The van der Waals surface area contributed by atoms with Crippen LogP contribution in [0.1, 0.15) is 78.1 Å². The van der Waals surface area contributed by atoms with Gasteiger partial charge in [-0.1, -0.05) is 37.1 Å². The van der Waals surface area contributed by atoms with E-state index in [1.807, 2.05) is 26.0 Å². The second-order valence-corrected chi connectivity index (χ2v) is 9.19. The van der Waals surface area contributed by atoms with Gasteiger partial charge < -0.3 is 28.4 Å². The summed E-state index contributed by atoms with van der Waals surface area (Å²) in [5.41, 5.74) is 0. The molecule has 0 amide bonds. The summed E-state index contributed by atoms with van der Waals surface area (Å²) in [6.45, 7) is 4.18. The van der Waals surface area contributed by atoms with E-state index in [0.717, 1.165) is 64.2 Å². The maximum absolute atomic E-state index is 12.8. The van der Waals surface area contributed by atoms with Gasteiger partial charge in [-0.25, -0.2) is 9.59 Å². The summed E-state index contributed by atoms with van der Waals surface area (Å²) in [5.74, 6) is 0.702. The van der Waals surface area contributed by atoms with Crippen LogP contribution >= 0.6 is 0 Å². The van der Waals surface area contributed by atoms with Crippen LogP contribution in [0.3, 0.4) is 0 Å². The molecule has 8 heteroatoms. The molecule has 0 unspecified atom stereocenters. The molecule has 0 aromatic heterocycles. The molecule has 0 saturated heterocycles. The monoisotopic (exact) mass is 500 g/mol. The average molecular weight is 501 g/mol. The van der Waals surface area contributed by atoms with E-state index < -0.39 is 12.3 Å². The maximum Gasteiger partial charge on any atom is 0.514 e. The molecule has 0 aliphatic heterocycles. The molecule has 2 aliphatic carbocycles. The van der Waals surface area contributed by atoms with Crippen LogP contribution in [0.2, 0.25) is 0 Å². The van der Waals surface area contributed by atoms with Gasteiger partial charge in [-0.3, -0.25) is 0 Å². The fourth-order valence-corrected chi connectivity index (χ4v) is 4.94. The third kappa shape index (κ3) is 6.33. The van der Waals surface area contributed by atoms with Crippen LogP contribution in [-0.2, 0) is 9.47 Å². The zero-order chi connectivity index (χ0) is 25.3. The van der Waals surface area contributed by atoms with Gasteiger partial charge >= 0.3 is 12.3 Å². The number of rotatable bonds is 8. The van der Waals surface area contributed by atoms with Crippen LogP contribution in [0.25, 0.3) is 10.8 Å². The van der Waals surface area contributed by atoms with Crippen molar-refractivity contribution in [1.82, 2.24) is 0 Å². The van der Waals surface area contributed by atoms with Crippen LogP contribution in [0.15, 0.2) is 24.3 Å². The van der Waals surface area contributed by atoms with Crippen molar-refractivity contribution in [3.63, 3.8) is 0 Å². The van der Waals surface area contributed by atoms with E-state index in [4.69, 9.17) is 28.4 Å². The Morgan fingerprint density at radius 2 is 1.03 bits per heavy atom. The van der Waals surface area contributed by atoms with E-state index in [1.54, 1.807) is 12.1 Å². The summed E-state index contributed by atoms with van der Waals surface area (Å²) in [4.78, 5) is 25.6. The first-order valence-corrected chi connectivity index (χ1v) is 13.2. The molecule has 36 heavy (non-hydrogen) atoms. The molecule has 0 N–H and O–H groups in total. The van der Waals surface area contributed by atoms with Gasteiger partial charge in [0.15, 0.2) is 11.5 Å². The van der Waals surface area contributed by atoms with Crippen LogP contribution in [-0.4, -0.2) is 37.7 Å². The SMILES string of the molecule is CCOc1c(OCC)c(OC(=O)OC2CCCCC2)c2ccccc2c1OC(=O)OC1CCCCC1. The first kappa shape index (κ1) is 25.9. The Balaban J connectivity index is 1.68. The van der Waals surface area contributed by atoms with Gasteiger partial charge in [0.05, 0.1) is 13.2 Å². The molecule has 2 aliphatic rings. The largest absolute Gasteiger partial charge is 0.514 e. The fraction of sp³-hybridized carbons (Fsp3) is 0.571. The Morgan fingerprint density at radius 1 is 0.639 bits per heavy atom. The number of hydrogen-bond acceptors (Lipinski definition) is 8. The van der Waals surface area contributed by atoms with E-state index in [0.29, 0.717) is 10.8 Å². The third-order valence-electron chi connectivity index (χ3n) is 6.61. The van der Waals surface area contributed by atoms with Crippen LogP contribution in [0.4, 0.5) is 9.59 Å². The molecule has 4 rings (SSSR count). The molecule has 2 fully saturated rings.